The van der Waals surface area contributed by atoms with Crippen LogP contribution in [0.5, 0.6) is 0 Å². The third-order valence-corrected chi connectivity index (χ3v) is 3.60. The Morgan fingerprint density at radius 3 is 2.67 bits per heavy atom. The number of hydrogen-bond donors (Lipinski definition) is 2. The average molecular weight is 261 g/mol. The molecule has 4 nitrogen and oxygen atoms in total. The molecule has 3 N–H and O–H groups in total. The van der Waals surface area contributed by atoms with Crippen LogP contribution in [0, 0.1) is 6.92 Å². The number of nitrogens with two attached hydrogens (primary N) is 1. The van der Waals surface area contributed by atoms with E-state index in [1.165, 1.54) is 11.3 Å². The van der Waals surface area contributed by atoms with Gasteiger partial charge in [0, 0.05) is 0 Å². The van der Waals surface area contributed by atoms with Crippen LogP contribution in [-0.4, -0.2) is 16.9 Å². The van der Waals surface area contributed by atoms with Crippen LogP contribution in [0.3, 0.4) is 0 Å². The maximum absolute atomic E-state index is 11.5. The van der Waals surface area contributed by atoms with Crippen molar-refractivity contribution in [2.24, 2.45) is 5.73 Å². The van der Waals surface area contributed by atoms with E-state index >= 15 is 0 Å². The number of benzene rings is 1. The highest BCUT2D eigenvalue weighted by atomic mass is 32.1. The maximum Gasteiger partial charge on any atom is 0.242 e. The largest absolute Gasteiger partial charge is 0.320 e. The molecule has 1 unspecified atom stereocenters. The SMILES string of the molecule is Cc1nc(NC(=O)C(C)N)sc1-c1ccccc1. The summed E-state index contributed by atoms with van der Waals surface area (Å²) in [7, 11) is 0. The molecule has 94 valence electrons. The Balaban J connectivity index is 2.25. The number of aromatic nitrogens is 1. The third-order valence-electron chi connectivity index (χ3n) is 2.48. The fourth-order valence-electron chi connectivity index (χ4n) is 1.53. The van der Waals surface area contributed by atoms with Crippen LogP contribution in [0.4, 0.5) is 5.13 Å². The smallest absolute Gasteiger partial charge is 0.242 e. The van der Waals surface area contributed by atoms with Crippen LogP contribution in [0.15, 0.2) is 30.3 Å². The summed E-state index contributed by atoms with van der Waals surface area (Å²) < 4.78 is 0. The van der Waals surface area contributed by atoms with Crippen LogP contribution in [0.25, 0.3) is 10.4 Å². The van der Waals surface area contributed by atoms with Gasteiger partial charge in [-0.15, -0.1) is 0 Å². The van der Waals surface area contributed by atoms with Gasteiger partial charge in [-0.2, -0.15) is 0 Å². The van der Waals surface area contributed by atoms with Crippen LogP contribution in [0.1, 0.15) is 12.6 Å². The molecule has 0 saturated heterocycles. The predicted octanol–water partition coefficient (Wildman–Crippen LogP) is 2.40. The Morgan fingerprint density at radius 1 is 1.39 bits per heavy atom. The molecular weight excluding hydrogens is 246 g/mol. The number of nitrogens with zero attached hydrogens (tertiary/aromatic N) is 1. The quantitative estimate of drug-likeness (QED) is 0.891. The molecule has 0 saturated carbocycles. The first kappa shape index (κ1) is 12.7. The molecule has 5 heteroatoms. The van der Waals surface area contributed by atoms with Gasteiger partial charge in [0.2, 0.25) is 5.91 Å². The van der Waals surface area contributed by atoms with Gasteiger partial charge in [-0.1, -0.05) is 41.7 Å². The number of carbonyl (C=O) groups is 1. The molecule has 1 amide bonds. The highest BCUT2D eigenvalue weighted by molar-refractivity contribution is 7.19. The normalized spacial score (nSPS) is 12.2. The Labute approximate surface area is 110 Å². The van der Waals surface area contributed by atoms with E-state index in [9.17, 15) is 4.79 Å². The van der Waals surface area contributed by atoms with Gasteiger partial charge in [0.1, 0.15) is 0 Å². The molecule has 1 atom stereocenters. The topological polar surface area (TPSA) is 68.0 Å². The fourth-order valence-corrected chi connectivity index (χ4v) is 2.50. The number of hydrogen-bond acceptors (Lipinski definition) is 4. The molecule has 0 radical (unpaired) electrons. The number of amides is 1. The lowest BCUT2D eigenvalue weighted by atomic mass is 10.2. The van der Waals surface area contributed by atoms with Crippen molar-refractivity contribution < 1.29 is 4.79 Å². The molecular formula is C13H15N3OS. The summed E-state index contributed by atoms with van der Waals surface area (Å²) in [6.45, 7) is 3.58. The van der Waals surface area contributed by atoms with E-state index in [1.807, 2.05) is 37.3 Å². The highest BCUT2D eigenvalue weighted by Crippen LogP contribution is 2.32. The summed E-state index contributed by atoms with van der Waals surface area (Å²) in [4.78, 5) is 16.9. The van der Waals surface area contributed by atoms with E-state index in [0.29, 0.717) is 5.13 Å². The number of nitrogens with one attached hydrogen (secondary N) is 1. The summed E-state index contributed by atoms with van der Waals surface area (Å²) in [5.41, 5.74) is 7.52. The van der Waals surface area contributed by atoms with Crippen molar-refractivity contribution in [2.75, 3.05) is 5.32 Å². The molecule has 18 heavy (non-hydrogen) atoms. The molecule has 0 aliphatic heterocycles. The van der Waals surface area contributed by atoms with Crippen LogP contribution >= 0.6 is 11.3 Å². The number of aryl methyl sites for hydroxylation is 1. The first-order valence-corrected chi connectivity index (χ1v) is 6.49. The molecule has 0 fully saturated rings. The minimum atomic E-state index is -0.533. The molecule has 2 aromatic rings. The molecule has 0 aliphatic rings. The summed E-state index contributed by atoms with van der Waals surface area (Å²) in [6.07, 6.45) is 0. The van der Waals surface area contributed by atoms with Gasteiger partial charge in [0.05, 0.1) is 16.6 Å². The number of thiazole rings is 1. The van der Waals surface area contributed by atoms with Gasteiger partial charge < -0.3 is 11.1 Å². The monoisotopic (exact) mass is 261 g/mol. The first-order chi connectivity index (χ1) is 8.58. The second-order valence-corrected chi connectivity index (χ2v) is 5.08. The van der Waals surface area contributed by atoms with Crippen molar-refractivity contribution in [3.05, 3.63) is 36.0 Å². The summed E-state index contributed by atoms with van der Waals surface area (Å²) in [5, 5.41) is 3.31. The van der Waals surface area contributed by atoms with E-state index < -0.39 is 6.04 Å². The van der Waals surface area contributed by atoms with Gasteiger partial charge >= 0.3 is 0 Å². The Morgan fingerprint density at radius 2 is 2.06 bits per heavy atom. The second-order valence-electron chi connectivity index (χ2n) is 4.08. The minimum absolute atomic E-state index is 0.219. The van der Waals surface area contributed by atoms with Crippen molar-refractivity contribution in [3.8, 4) is 10.4 Å². The zero-order valence-electron chi connectivity index (χ0n) is 10.3. The standard InChI is InChI=1S/C13H15N3OS/c1-8(14)12(17)16-13-15-9(2)11(18-13)10-6-4-3-5-7-10/h3-8H,14H2,1-2H3,(H,15,16,17). The van der Waals surface area contributed by atoms with E-state index in [2.05, 4.69) is 10.3 Å². The summed E-state index contributed by atoms with van der Waals surface area (Å²) >= 11 is 1.46. The van der Waals surface area contributed by atoms with E-state index in [0.717, 1.165) is 16.1 Å². The zero-order valence-corrected chi connectivity index (χ0v) is 11.1. The molecule has 1 heterocycles. The van der Waals surface area contributed by atoms with Crippen LogP contribution in [-0.2, 0) is 4.79 Å². The first-order valence-electron chi connectivity index (χ1n) is 5.67. The molecule has 0 spiro atoms. The third kappa shape index (κ3) is 2.75. The number of carbonyl (C=O) groups excluding carboxylic acids is 1. The highest BCUT2D eigenvalue weighted by Gasteiger charge is 2.13. The second kappa shape index (κ2) is 5.29. The van der Waals surface area contributed by atoms with Crippen molar-refractivity contribution >= 4 is 22.4 Å². The van der Waals surface area contributed by atoms with Gasteiger partial charge in [-0.05, 0) is 19.4 Å². The van der Waals surface area contributed by atoms with E-state index in [-0.39, 0.29) is 5.91 Å². The molecule has 2 rings (SSSR count). The van der Waals surface area contributed by atoms with Crippen LogP contribution in [0.2, 0.25) is 0 Å². The number of rotatable bonds is 3. The van der Waals surface area contributed by atoms with Crippen molar-refractivity contribution in [2.45, 2.75) is 19.9 Å². The lowest BCUT2D eigenvalue weighted by molar-refractivity contribution is -0.117. The van der Waals surface area contributed by atoms with Gasteiger partial charge in [0.25, 0.3) is 0 Å². The lowest BCUT2D eigenvalue weighted by Crippen LogP contribution is -2.32. The van der Waals surface area contributed by atoms with Crippen molar-refractivity contribution in [1.82, 2.24) is 4.98 Å². The zero-order chi connectivity index (χ0) is 13.1. The van der Waals surface area contributed by atoms with Crippen molar-refractivity contribution in [3.63, 3.8) is 0 Å². The average Bonchev–Trinajstić information content (AvgIpc) is 2.71. The van der Waals surface area contributed by atoms with Gasteiger partial charge in [-0.3, -0.25) is 4.79 Å². The Bertz CT molecular complexity index is 549. The van der Waals surface area contributed by atoms with Crippen molar-refractivity contribution in [1.29, 1.82) is 0 Å². The summed E-state index contributed by atoms with van der Waals surface area (Å²) in [6, 6.07) is 9.45. The van der Waals surface area contributed by atoms with Gasteiger partial charge in [-0.25, -0.2) is 4.98 Å². The van der Waals surface area contributed by atoms with E-state index in [1.54, 1.807) is 6.92 Å². The molecule has 0 aliphatic carbocycles. The maximum atomic E-state index is 11.5. The number of anilines is 1. The lowest BCUT2D eigenvalue weighted by Gasteiger charge is -2.03. The van der Waals surface area contributed by atoms with E-state index in [4.69, 9.17) is 5.73 Å². The molecule has 1 aromatic carbocycles. The predicted molar refractivity (Wildman–Crippen MR) is 74.6 cm³/mol. The summed E-state index contributed by atoms with van der Waals surface area (Å²) in [5.74, 6) is -0.219. The fraction of sp³-hybridized carbons (Fsp3) is 0.231. The molecule has 1 aromatic heterocycles. The van der Waals surface area contributed by atoms with Gasteiger partial charge in [0.15, 0.2) is 5.13 Å². The Hall–Kier alpha value is -1.72. The minimum Gasteiger partial charge on any atom is -0.320 e. The Kier molecular flexibility index (Phi) is 3.74. The molecule has 0 bridgehead atoms. The van der Waals surface area contributed by atoms with Crippen LogP contribution < -0.4 is 11.1 Å².